The van der Waals surface area contributed by atoms with Crippen LogP contribution in [0.15, 0.2) is 42.5 Å². The van der Waals surface area contributed by atoms with Gasteiger partial charge in [0.15, 0.2) is 11.6 Å². The Morgan fingerprint density at radius 2 is 1.71 bits per heavy atom. The van der Waals surface area contributed by atoms with Gasteiger partial charge in [0.1, 0.15) is 5.82 Å². The number of nitrogens with zero attached hydrogens (tertiary/aromatic N) is 3. The number of amides is 1. The number of hydrogen-bond donors (Lipinski definition) is 1. The minimum absolute atomic E-state index is 0.00571. The van der Waals surface area contributed by atoms with E-state index in [-0.39, 0.29) is 49.4 Å². The number of carbonyl (C=O) groups is 1. The van der Waals surface area contributed by atoms with Gasteiger partial charge in [-0.3, -0.25) is 4.79 Å². The highest BCUT2D eigenvalue weighted by Crippen LogP contribution is 2.36. The summed E-state index contributed by atoms with van der Waals surface area (Å²) in [6.07, 6.45) is -5.13. The molecule has 0 fully saturated rings. The largest absolute Gasteiger partial charge is 0.449 e. The van der Waals surface area contributed by atoms with Gasteiger partial charge in [-0.05, 0) is 18.1 Å². The van der Waals surface area contributed by atoms with E-state index in [1.807, 2.05) is 0 Å². The molecule has 0 spiro atoms. The molecule has 0 saturated carbocycles. The molecule has 2 heterocycles. The number of nitrogens with two attached hydrogens (primary N) is 1. The smallest absolute Gasteiger partial charge is 0.335 e. The zero-order valence-corrected chi connectivity index (χ0v) is 17.7. The van der Waals surface area contributed by atoms with E-state index in [4.69, 9.17) is 5.73 Å². The molecule has 0 radical (unpaired) electrons. The maximum absolute atomic E-state index is 13.9. The van der Waals surface area contributed by atoms with E-state index in [9.17, 15) is 31.1 Å². The van der Waals surface area contributed by atoms with Crippen molar-refractivity contribution in [3.05, 3.63) is 77.0 Å². The Morgan fingerprint density at radius 1 is 1.03 bits per heavy atom. The summed E-state index contributed by atoms with van der Waals surface area (Å²) in [7, 11) is 0. The van der Waals surface area contributed by atoms with Crippen molar-refractivity contribution >= 4 is 5.91 Å². The van der Waals surface area contributed by atoms with E-state index in [0.29, 0.717) is 17.7 Å². The molecule has 2 N–H and O–H groups in total. The van der Waals surface area contributed by atoms with Crippen molar-refractivity contribution in [3.63, 3.8) is 0 Å². The molecule has 0 bridgehead atoms. The Balaban J connectivity index is 1.53. The third-order valence-corrected chi connectivity index (χ3v) is 5.67. The van der Waals surface area contributed by atoms with Gasteiger partial charge >= 0.3 is 6.18 Å². The SMILES string of the molecule is N[C@@H](CC(=O)N1CCn2c(C(F)(F)F)nc(-c3ccccc3)c2C1)Cc1cc(F)c(F)cc1F. The summed E-state index contributed by atoms with van der Waals surface area (Å²) >= 11 is 0. The van der Waals surface area contributed by atoms with E-state index in [2.05, 4.69) is 4.98 Å². The number of benzene rings is 2. The Kier molecular flexibility index (Phi) is 6.39. The lowest BCUT2D eigenvalue weighted by Crippen LogP contribution is -2.42. The third kappa shape index (κ3) is 4.79. The van der Waals surface area contributed by atoms with Crippen LogP contribution in [0.3, 0.4) is 0 Å². The zero-order chi connectivity index (χ0) is 24.6. The van der Waals surface area contributed by atoms with E-state index in [1.165, 1.54) is 4.90 Å². The third-order valence-electron chi connectivity index (χ3n) is 5.67. The lowest BCUT2D eigenvalue weighted by Gasteiger charge is -2.30. The summed E-state index contributed by atoms with van der Waals surface area (Å²) in [6, 6.07) is 8.55. The van der Waals surface area contributed by atoms with Gasteiger partial charge < -0.3 is 15.2 Å². The highest BCUT2D eigenvalue weighted by molar-refractivity contribution is 5.77. The number of fused-ring (bicyclic) bond motifs is 1. The number of aromatic nitrogens is 2. The van der Waals surface area contributed by atoms with Crippen molar-refractivity contribution in [2.24, 2.45) is 5.73 Å². The van der Waals surface area contributed by atoms with Gasteiger partial charge in [-0.2, -0.15) is 13.2 Å². The van der Waals surface area contributed by atoms with Crippen LogP contribution in [0.5, 0.6) is 0 Å². The van der Waals surface area contributed by atoms with Gasteiger partial charge in [0.05, 0.1) is 17.9 Å². The molecule has 1 aliphatic rings. The molecule has 3 aromatic rings. The van der Waals surface area contributed by atoms with Crippen LogP contribution in [-0.4, -0.2) is 32.9 Å². The molecule has 1 aliphatic heterocycles. The summed E-state index contributed by atoms with van der Waals surface area (Å²) in [6.45, 7) is -0.215. The molecule has 1 amide bonds. The molecule has 2 aromatic carbocycles. The van der Waals surface area contributed by atoms with Crippen molar-refractivity contribution in [2.75, 3.05) is 6.54 Å². The first-order valence-corrected chi connectivity index (χ1v) is 10.4. The number of imidazole rings is 1. The lowest BCUT2D eigenvalue weighted by atomic mass is 10.0. The van der Waals surface area contributed by atoms with E-state index < -0.39 is 41.4 Å². The molecular weight excluding hydrogens is 462 g/mol. The van der Waals surface area contributed by atoms with Gasteiger partial charge in [-0.15, -0.1) is 0 Å². The minimum Gasteiger partial charge on any atom is -0.335 e. The summed E-state index contributed by atoms with van der Waals surface area (Å²) in [5, 5.41) is 0. The maximum Gasteiger partial charge on any atom is 0.449 e. The van der Waals surface area contributed by atoms with E-state index >= 15 is 0 Å². The fourth-order valence-electron chi connectivity index (χ4n) is 4.05. The molecular formula is C23H20F6N4O. The van der Waals surface area contributed by atoms with Gasteiger partial charge in [0.2, 0.25) is 11.7 Å². The van der Waals surface area contributed by atoms with E-state index in [1.54, 1.807) is 30.3 Å². The number of rotatable bonds is 5. The number of halogens is 6. The predicted octanol–water partition coefficient (Wildman–Crippen LogP) is 4.29. The Labute approximate surface area is 190 Å². The Bertz CT molecular complexity index is 1210. The first kappa shape index (κ1) is 23.8. The summed E-state index contributed by atoms with van der Waals surface area (Å²) in [5.74, 6) is -5.01. The quantitative estimate of drug-likeness (QED) is 0.436. The monoisotopic (exact) mass is 482 g/mol. The summed E-state index contributed by atoms with van der Waals surface area (Å²) in [5.41, 5.74) is 6.65. The molecule has 4 rings (SSSR count). The van der Waals surface area contributed by atoms with Crippen molar-refractivity contribution in [2.45, 2.75) is 38.1 Å². The molecule has 1 aromatic heterocycles. The van der Waals surface area contributed by atoms with Crippen LogP contribution in [-0.2, 0) is 30.5 Å². The molecule has 180 valence electrons. The van der Waals surface area contributed by atoms with Crippen LogP contribution >= 0.6 is 0 Å². The average Bonchev–Trinajstić information content (AvgIpc) is 3.17. The molecule has 34 heavy (non-hydrogen) atoms. The van der Waals surface area contributed by atoms with Crippen LogP contribution in [0.25, 0.3) is 11.3 Å². The second-order valence-corrected chi connectivity index (χ2v) is 8.09. The number of carbonyl (C=O) groups excluding carboxylic acids is 1. The molecule has 5 nitrogen and oxygen atoms in total. The topological polar surface area (TPSA) is 64.2 Å². The molecule has 11 heteroatoms. The second kappa shape index (κ2) is 9.13. The van der Waals surface area contributed by atoms with Crippen LogP contribution in [0.2, 0.25) is 0 Å². The number of hydrogen-bond acceptors (Lipinski definition) is 3. The molecule has 0 aliphatic carbocycles. The normalized spacial score (nSPS) is 14.7. The Hall–Kier alpha value is -3.34. The number of alkyl halides is 3. The second-order valence-electron chi connectivity index (χ2n) is 8.09. The maximum atomic E-state index is 13.9. The van der Waals surface area contributed by atoms with Gasteiger partial charge in [-0.25, -0.2) is 18.2 Å². The first-order valence-electron chi connectivity index (χ1n) is 10.4. The molecule has 1 atom stereocenters. The van der Waals surface area contributed by atoms with Crippen molar-refractivity contribution < 1.29 is 31.1 Å². The standard InChI is InChI=1S/C23H20F6N4O/c24-16-11-18(26)17(25)9-14(16)8-15(30)10-20(34)32-6-7-33-19(12-32)21(13-4-2-1-3-5-13)31-22(33)23(27,28)29/h1-5,9,11,15H,6-8,10,12,30H2/t15-/m1/s1. The molecule has 0 unspecified atom stereocenters. The predicted molar refractivity (Wildman–Crippen MR) is 111 cm³/mol. The van der Waals surface area contributed by atoms with Crippen molar-refractivity contribution in [3.8, 4) is 11.3 Å². The van der Waals surface area contributed by atoms with Crippen molar-refractivity contribution in [1.29, 1.82) is 0 Å². The average molecular weight is 482 g/mol. The molecule has 0 saturated heterocycles. The first-order chi connectivity index (χ1) is 16.0. The highest BCUT2D eigenvalue weighted by atomic mass is 19.4. The van der Waals surface area contributed by atoms with Crippen LogP contribution < -0.4 is 5.73 Å². The van der Waals surface area contributed by atoms with Crippen LogP contribution in [0, 0.1) is 17.5 Å². The highest BCUT2D eigenvalue weighted by Gasteiger charge is 2.40. The fourth-order valence-corrected chi connectivity index (χ4v) is 4.05. The lowest BCUT2D eigenvalue weighted by molar-refractivity contribution is -0.148. The van der Waals surface area contributed by atoms with Crippen molar-refractivity contribution in [1.82, 2.24) is 14.5 Å². The van der Waals surface area contributed by atoms with Gasteiger partial charge in [-0.1, -0.05) is 30.3 Å². The minimum atomic E-state index is -4.66. The summed E-state index contributed by atoms with van der Waals surface area (Å²) in [4.78, 5) is 18.0. The van der Waals surface area contributed by atoms with Crippen LogP contribution in [0.4, 0.5) is 26.3 Å². The van der Waals surface area contributed by atoms with Gasteiger partial charge in [0, 0.05) is 37.2 Å². The zero-order valence-electron chi connectivity index (χ0n) is 17.7. The Morgan fingerprint density at radius 3 is 2.38 bits per heavy atom. The van der Waals surface area contributed by atoms with E-state index in [0.717, 1.165) is 4.57 Å². The summed E-state index contributed by atoms with van der Waals surface area (Å²) < 4.78 is 82.2. The van der Waals surface area contributed by atoms with Gasteiger partial charge in [0.25, 0.3) is 0 Å². The fraction of sp³-hybridized carbons (Fsp3) is 0.304. The van der Waals surface area contributed by atoms with Crippen LogP contribution in [0.1, 0.15) is 23.5 Å².